The van der Waals surface area contributed by atoms with E-state index in [0.717, 1.165) is 73.3 Å². The molecule has 0 saturated heterocycles. The zero-order valence-corrected chi connectivity index (χ0v) is 79.6. The highest BCUT2D eigenvalue weighted by atomic mass is 16.6. The predicted octanol–water partition coefficient (Wildman–Crippen LogP) is 16.1. The molecule has 0 spiro atoms. The van der Waals surface area contributed by atoms with E-state index in [4.69, 9.17) is 36.3 Å². The number of aliphatic hydroxyl groups is 2. The number of ether oxygens (including phenoxy) is 3. The molecule has 10 N–H and O–H groups in total. The van der Waals surface area contributed by atoms with Crippen LogP contribution < -0.4 is 27.4 Å². The lowest BCUT2D eigenvalue weighted by Crippen LogP contribution is -2.51. The molecular formula is C103H153N5O19. The third-order valence-electron chi connectivity index (χ3n) is 20.0. The topological polar surface area (TPSA) is 398 Å². The average molecular weight is 1770 g/mol. The van der Waals surface area contributed by atoms with Crippen LogP contribution in [-0.2, 0) is 115 Å². The van der Waals surface area contributed by atoms with Gasteiger partial charge in [0.1, 0.15) is 24.8 Å². The molecular weight excluding hydrogens is 1610 g/mol. The lowest BCUT2D eigenvalue weighted by Gasteiger charge is -2.24. The lowest BCUT2D eigenvalue weighted by molar-refractivity contribution is -0.156. The summed E-state index contributed by atoms with van der Waals surface area (Å²) in [4.78, 5) is 154. The van der Waals surface area contributed by atoms with Gasteiger partial charge in [-0.1, -0.05) is 293 Å². The lowest BCUT2D eigenvalue weighted by atomic mass is 9.89. The number of aliphatic carboxylic acids is 1. The fraction of sp³-hybridized carbons (Fsp3) is 0.524. The van der Waals surface area contributed by atoms with Crippen molar-refractivity contribution in [2.45, 2.75) is 271 Å². The number of nitrogens with one attached hydrogen (secondary N) is 3. The SMILES string of the molecule is CC(=O)C[C@H](C(=O)N[C@@H](Cc1ccccc1)C(=O)CCC(C)C)C(C)C.CC(=O)OC(C)=O.CC(C)CCC(=O)[C@@H](N)Cc1ccccc1.CC(C)CCC(=O)[C@H](Cc1ccccc1)NC(=O)[C@@H](CC(=O)OCc1ccccc1)C(C)C.CC(C)CCC(=O)[C@H](Cc1ccccc1)NC(=O)[C@@H](N)C(C)C.CC(C)[C@H](CC(=O)OCc1ccccc1)C(=O)O.CO.CO. The van der Waals surface area contributed by atoms with Crippen LogP contribution in [0.5, 0.6) is 0 Å². The molecule has 0 unspecified atom stereocenters. The molecule has 0 radical (unpaired) electrons. The van der Waals surface area contributed by atoms with Crippen LogP contribution in [0.25, 0.3) is 0 Å². The summed E-state index contributed by atoms with van der Waals surface area (Å²) in [7, 11) is 2.00. The summed E-state index contributed by atoms with van der Waals surface area (Å²) in [6, 6.07) is 55.2. The van der Waals surface area contributed by atoms with Gasteiger partial charge in [-0.05, 0) is 139 Å². The normalized spacial score (nSPS) is 12.5. The highest BCUT2D eigenvalue weighted by Crippen LogP contribution is 2.23. The number of hydrogen-bond donors (Lipinski definition) is 8. The Morgan fingerprint density at radius 2 is 0.559 bits per heavy atom. The second-order valence-electron chi connectivity index (χ2n) is 34.5. The van der Waals surface area contributed by atoms with Gasteiger partial charge in [-0.15, -0.1) is 0 Å². The van der Waals surface area contributed by atoms with Crippen molar-refractivity contribution in [3.05, 3.63) is 215 Å². The van der Waals surface area contributed by atoms with Gasteiger partial charge in [-0.2, -0.15) is 0 Å². The van der Waals surface area contributed by atoms with E-state index in [-0.39, 0.29) is 109 Å². The Balaban J connectivity index is 0. The van der Waals surface area contributed by atoms with Gasteiger partial charge in [0, 0.05) is 66.1 Å². The minimum atomic E-state index is -0.957. The number of esters is 4. The van der Waals surface area contributed by atoms with E-state index >= 15 is 0 Å². The number of carboxylic acids is 1. The van der Waals surface area contributed by atoms with Gasteiger partial charge in [0.2, 0.25) is 17.7 Å². The van der Waals surface area contributed by atoms with Gasteiger partial charge in [0.05, 0.1) is 54.9 Å². The van der Waals surface area contributed by atoms with Crippen molar-refractivity contribution in [1.82, 2.24) is 16.0 Å². The number of carbonyl (C=O) groups is 13. The summed E-state index contributed by atoms with van der Waals surface area (Å²) >= 11 is 0. The highest BCUT2D eigenvalue weighted by molar-refractivity contribution is 5.94. The van der Waals surface area contributed by atoms with E-state index in [1.165, 1.54) is 20.8 Å². The van der Waals surface area contributed by atoms with Crippen molar-refractivity contribution in [2.24, 2.45) is 76.6 Å². The molecule has 127 heavy (non-hydrogen) atoms. The highest BCUT2D eigenvalue weighted by Gasteiger charge is 2.33. The van der Waals surface area contributed by atoms with Crippen LogP contribution in [0.1, 0.15) is 236 Å². The Morgan fingerprint density at radius 1 is 0.315 bits per heavy atom. The molecule has 0 fully saturated rings. The van der Waals surface area contributed by atoms with Gasteiger partial charge in [0.25, 0.3) is 0 Å². The molecule has 24 heteroatoms. The predicted molar refractivity (Wildman–Crippen MR) is 502 cm³/mol. The molecule has 0 aliphatic carbocycles. The van der Waals surface area contributed by atoms with Gasteiger partial charge < -0.3 is 61.7 Å². The first-order chi connectivity index (χ1) is 60.0. The smallest absolute Gasteiger partial charge is 0.310 e. The van der Waals surface area contributed by atoms with Crippen LogP contribution in [0, 0.1) is 65.1 Å². The van der Waals surface area contributed by atoms with Crippen LogP contribution in [0.4, 0.5) is 0 Å². The van der Waals surface area contributed by atoms with Gasteiger partial charge in [0.15, 0.2) is 17.3 Å². The van der Waals surface area contributed by atoms with E-state index in [0.29, 0.717) is 75.0 Å². The Labute approximate surface area is 757 Å². The number of nitrogens with two attached hydrogens (primary N) is 2. The molecule has 0 aliphatic heterocycles. The maximum absolute atomic E-state index is 13.2. The Hall–Kier alpha value is -10.5. The third kappa shape index (κ3) is 58.5. The van der Waals surface area contributed by atoms with Crippen molar-refractivity contribution >= 4 is 76.5 Å². The number of Topliss-reactive ketones (excluding diaryl/α,β-unsaturated/α-hetero) is 5. The molecule has 704 valence electrons. The third-order valence-corrected chi connectivity index (χ3v) is 20.0. The number of rotatable bonds is 45. The molecule has 6 aromatic carbocycles. The Kier molecular flexibility index (Phi) is 64.9. The summed E-state index contributed by atoms with van der Waals surface area (Å²) < 4.78 is 14.4. The van der Waals surface area contributed by atoms with Crippen LogP contribution >= 0.6 is 0 Å². The Bertz CT molecular complexity index is 4050. The first kappa shape index (κ1) is 119. The quantitative estimate of drug-likeness (QED) is 0.01000. The molecule has 0 saturated carbocycles. The van der Waals surface area contributed by atoms with Gasteiger partial charge >= 0.3 is 29.8 Å². The summed E-state index contributed by atoms with van der Waals surface area (Å²) in [6.07, 6.45) is 7.48. The van der Waals surface area contributed by atoms with Crippen LogP contribution in [0.15, 0.2) is 182 Å². The van der Waals surface area contributed by atoms with Crippen molar-refractivity contribution in [3.63, 3.8) is 0 Å². The second-order valence-corrected chi connectivity index (χ2v) is 34.5. The molecule has 0 bridgehead atoms. The molecule has 6 aromatic rings. The van der Waals surface area contributed by atoms with E-state index in [1.807, 2.05) is 224 Å². The molecule has 24 nitrogen and oxygen atoms in total. The average Bonchev–Trinajstić information content (AvgIpc) is 0.867. The monoisotopic (exact) mass is 1760 g/mol. The molecule has 6 rings (SSSR count). The summed E-state index contributed by atoms with van der Waals surface area (Å²) in [6.45, 7) is 36.0. The molecule has 0 aliphatic rings. The maximum Gasteiger partial charge on any atom is 0.310 e. The van der Waals surface area contributed by atoms with Crippen LogP contribution in [0.3, 0.4) is 0 Å². The van der Waals surface area contributed by atoms with Gasteiger partial charge in [-0.3, -0.25) is 57.5 Å². The van der Waals surface area contributed by atoms with Crippen molar-refractivity contribution in [1.29, 1.82) is 0 Å². The zero-order chi connectivity index (χ0) is 96.7. The number of benzene rings is 6. The van der Waals surface area contributed by atoms with Crippen molar-refractivity contribution in [2.75, 3.05) is 14.2 Å². The molecule has 8 atom stereocenters. The number of ketones is 5. The summed E-state index contributed by atoms with van der Waals surface area (Å²) in [5.74, 6) is -3.24. The molecule has 3 amide bonds. The number of carbonyl (C=O) groups excluding carboxylic acids is 12. The van der Waals surface area contributed by atoms with Crippen LogP contribution in [-0.4, -0.2) is 136 Å². The van der Waals surface area contributed by atoms with Crippen LogP contribution in [0.2, 0.25) is 0 Å². The standard InChI is InChI=1S/C28H37NO4.C22H33NO3.C19H30N2O2.C14H21NO.C14H18O4.C4H6O3.2CH4O/c1-20(2)15-16-26(30)25(17-22-11-7-5-8-12-22)29-28(32)24(21(3)4)18-27(31)33-19-23-13-9-6-10-14-23;1-15(2)11-12-21(25)20(14-18-9-7-6-8-10-18)23-22(26)19(16(3)4)13-17(5)24;1-13(2)10-11-17(22)16(12-15-8-6-5-7-9-15)21-19(23)18(20)14(3)4;1-11(2)8-9-14(16)13(15)10-12-6-4-3-5-7-12;1-10(2)12(14(16)17)8-13(15)18-9-11-6-4-3-5-7-11;1-3(5)7-4(2)6;2*1-2/h5-14,20-21,24-25H,15-19H2,1-4H3,(H,29,32);6-10,15-16,19-20H,11-14H2,1-5H3,(H,23,26);5-9,13-14,16,18H,10-12,20H2,1-4H3,(H,21,23);3-7,11,13H,8-10,15H2,1-2H3;3-7,10,12H,8-9H2,1-2H3,(H,16,17);1-2H3;2*2H,1H3/t24-,25-;19-,20-;16-,18-;13-;12-;;;/m00000.../s1. The fourth-order valence-corrected chi connectivity index (χ4v) is 12.2. The Morgan fingerprint density at radius 3 is 0.795 bits per heavy atom. The largest absolute Gasteiger partial charge is 0.481 e. The van der Waals surface area contributed by atoms with E-state index in [1.54, 1.807) is 13.8 Å². The van der Waals surface area contributed by atoms with E-state index in [2.05, 4.69) is 76.1 Å². The number of amides is 3. The van der Waals surface area contributed by atoms with E-state index < -0.39 is 71.8 Å². The number of hydrogen-bond acceptors (Lipinski definition) is 20. The maximum atomic E-state index is 13.2. The number of aliphatic hydroxyl groups excluding tert-OH is 2. The summed E-state index contributed by atoms with van der Waals surface area (Å²) in [5, 5.41) is 31.7. The first-order valence-corrected chi connectivity index (χ1v) is 44.4. The fourth-order valence-electron chi connectivity index (χ4n) is 12.2. The van der Waals surface area contributed by atoms with E-state index in [9.17, 15) is 62.3 Å². The minimum absolute atomic E-state index is 0.00964. The van der Waals surface area contributed by atoms with Crippen molar-refractivity contribution < 1.29 is 91.9 Å². The molecule has 0 heterocycles. The zero-order valence-electron chi connectivity index (χ0n) is 79.6. The van der Waals surface area contributed by atoms with Crippen molar-refractivity contribution in [3.8, 4) is 0 Å². The number of carboxylic acid groups (broad SMARTS) is 1. The second kappa shape index (κ2) is 69.6. The minimum Gasteiger partial charge on any atom is -0.481 e. The summed E-state index contributed by atoms with van der Waals surface area (Å²) in [5.41, 5.74) is 17.8. The molecule has 0 aromatic heterocycles. The van der Waals surface area contributed by atoms with Gasteiger partial charge in [-0.25, -0.2) is 0 Å². The first-order valence-electron chi connectivity index (χ1n) is 44.4.